The number of benzene rings is 1. The molecule has 0 spiro atoms. The fraction of sp³-hybridized carbons (Fsp3) is 0.529. The Morgan fingerprint density at radius 2 is 1.87 bits per heavy atom. The van der Waals surface area contributed by atoms with E-state index < -0.39 is 0 Å². The van der Waals surface area contributed by atoms with Gasteiger partial charge in [0.25, 0.3) is 5.91 Å². The summed E-state index contributed by atoms with van der Waals surface area (Å²) in [6.07, 6.45) is 5.73. The molecule has 1 aromatic rings. The number of nitrogens with one attached hydrogen (secondary N) is 3. The Balaban J connectivity index is 0.00000156. The lowest BCUT2D eigenvalue weighted by Gasteiger charge is -2.29. The second-order valence-electron chi connectivity index (χ2n) is 6.70. The van der Waals surface area contributed by atoms with Crippen LogP contribution in [0.4, 0.5) is 5.69 Å². The van der Waals surface area contributed by atoms with Gasteiger partial charge in [-0.2, -0.15) is 0 Å². The molecule has 0 saturated carbocycles. The highest BCUT2D eigenvalue weighted by molar-refractivity contribution is 5.98. The normalized spacial score (nSPS) is 28.3. The smallest absolute Gasteiger partial charge is 0.251 e. The third-order valence-corrected chi connectivity index (χ3v) is 5.07. The number of hydrogen-bond acceptors (Lipinski definition) is 3. The maximum atomic E-state index is 12.5. The molecule has 0 radical (unpaired) electrons. The largest absolute Gasteiger partial charge is 0.349 e. The average molecular weight is 336 g/mol. The van der Waals surface area contributed by atoms with E-state index in [0.717, 1.165) is 24.1 Å². The first-order chi connectivity index (χ1) is 10.7. The summed E-state index contributed by atoms with van der Waals surface area (Å²) < 4.78 is 0. The summed E-state index contributed by atoms with van der Waals surface area (Å²) in [5.74, 6) is 0.0564. The van der Waals surface area contributed by atoms with Gasteiger partial charge in [0.2, 0.25) is 5.91 Å². The van der Waals surface area contributed by atoms with E-state index >= 15 is 0 Å². The molecule has 3 aliphatic rings. The van der Waals surface area contributed by atoms with Crippen LogP contribution in [0.3, 0.4) is 0 Å². The zero-order chi connectivity index (χ0) is 15.1. The molecule has 3 N–H and O–H groups in total. The third kappa shape index (κ3) is 3.35. The molecule has 6 heteroatoms. The first-order valence-electron chi connectivity index (χ1n) is 8.17. The minimum absolute atomic E-state index is 0. The fourth-order valence-electron chi connectivity index (χ4n) is 3.97. The number of hydrogen-bond donors (Lipinski definition) is 3. The molecule has 2 saturated heterocycles. The molecular weight excluding hydrogens is 314 g/mol. The van der Waals surface area contributed by atoms with Crippen molar-refractivity contribution in [3.63, 3.8) is 0 Å². The molecule has 3 heterocycles. The Bertz CT molecular complexity index is 622. The van der Waals surface area contributed by atoms with Crippen molar-refractivity contribution in [3.05, 3.63) is 29.3 Å². The summed E-state index contributed by atoms with van der Waals surface area (Å²) in [6, 6.07) is 6.98. The van der Waals surface area contributed by atoms with E-state index in [1.807, 2.05) is 12.1 Å². The maximum Gasteiger partial charge on any atom is 0.251 e. The molecule has 23 heavy (non-hydrogen) atoms. The van der Waals surface area contributed by atoms with Crippen LogP contribution in [0.2, 0.25) is 0 Å². The van der Waals surface area contributed by atoms with Crippen molar-refractivity contribution in [2.45, 2.75) is 56.7 Å². The number of carbonyl (C=O) groups is 2. The van der Waals surface area contributed by atoms with Crippen LogP contribution in [0.5, 0.6) is 0 Å². The van der Waals surface area contributed by atoms with Gasteiger partial charge in [-0.15, -0.1) is 12.4 Å². The van der Waals surface area contributed by atoms with Gasteiger partial charge < -0.3 is 16.0 Å². The molecule has 0 aromatic heterocycles. The van der Waals surface area contributed by atoms with Gasteiger partial charge in [0.1, 0.15) is 0 Å². The summed E-state index contributed by atoms with van der Waals surface area (Å²) in [5.41, 5.74) is 2.59. The van der Waals surface area contributed by atoms with Crippen molar-refractivity contribution in [3.8, 4) is 0 Å². The molecule has 4 rings (SSSR count). The molecule has 2 atom stereocenters. The van der Waals surface area contributed by atoms with Crippen molar-refractivity contribution in [1.29, 1.82) is 0 Å². The Labute approximate surface area is 142 Å². The summed E-state index contributed by atoms with van der Waals surface area (Å²) in [6.45, 7) is 0. The van der Waals surface area contributed by atoms with Gasteiger partial charge in [-0.1, -0.05) is 0 Å². The van der Waals surface area contributed by atoms with Crippen LogP contribution in [0, 0.1) is 0 Å². The van der Waals surface area contributed by atoms with E-state index in [0.29, 0.717) is 30.5 Å². The Kier molecular flexibility index (Phi) is 4.60. The van der Waals surface area contributed by atoms with Gasteiger partial charge in [0, 0.05) is 35.8 Å². The fourth-order valence-corrected chi connectivity index (χ4v) is 3.97. The molecule has 2 amide bonds. The van der Waals surface area contributed by atoms with E-state index in [9.17, 15) is 9.59 Å². The standard InChI is InChI=1S/C17H21N3O2.ClH/c21-16-6-2-10-7-11(1-5-15(10)20-16)17(22)19-14-8-12-3-4-13(9-14)18-12;/h1,5,7,12-14,18H,2-4,6,8-9H2,(H,19,22)(H,20,21);1H. The number of halogens is 1. The molecular formula is C17H22ClN3O2. The van der Waals surface area contributed by atoms with Crippen molar-refractivity contribution >= 4 is 29.9 Å². The van der Waals surface area contributed by atoms with Crippen LogP contribution >= 0.6 is 12.4 Å². The predicted octanol–water partition coefficient (Wildman–Crippen LogP) is 2.01. The summed E-state index contributed by atoms with van der Waals surface area (Å²) in [7, 11) is 0. The number of fused-ring (bicyclic) bond motifs is 3. The second-order valence-corrected chi connectivity index (χ2v) is 6.70. The Morgan fingerprint density at radius 1 is 1.13 bits per heavy atom. The zero-order valence-electron chi connectivity index (χ0n) is 12.9. The van der Waals surface area contributed by atoms with E-state index in [-0.39, 0.29) is 30.3 Å². The number of anilines is 1. The molecule has 2 fully saturated rings. The predicted molar refractivity (Wildman–Crippen MR) is 91.1 cm³/mol. The van der Waals surface area contributed by atoms with E-state index in [2.05, 4.69) is 16.0 Å². The minimum Gasteiger partial charge on any atom is -0.349 e. The van der Waals surface area contributed by atoms with Gasteiger partial charge in [-0.3, -0.25) is 9.59 Å². The average Bonchev–Trinajstić information content (AvgIpc) is 2.85. The number of rotatable bonds is 2. The summed E-state index contributed by atoms with van der Waals surface area (Å²) >= 11 is 0. The topological polar surface area (TPSA) is 70.2 Å². The van der Waals surface area contributed by atoms with Crippen LogP contribution in [0.1, 0.15) is 48.0 Å². The van der Waals surface area contributed by atoms with Gasteiger partial charge in [-0.05, 0) is 55.9 Å². The monoisotopic (exact) mass is 335 g/mol. The number of amides is 2. The SMILES string of the molecule is Cl.O=C1CCc2cc(C(=O)NC3CC4CCC(C3)N4)ccc2N1. The zero-order valence-corrected chi connectivity index (χ0v) is 13.7. The van der Waals surface area contributed by atoms with Gasteiger partial charge in [0.15, 0.2) is 0 Å². The van der Waals surface area contributed by atoms with Gasteiger partial charge in [-0.25, -0.2) is 0 Å². The van der Waals surface area contributed by atoms with Gasteiger partial charge in [0.05, 0.1) is 0 Å². The van der Waals surface area contributed by atoms with Crippen molar-refractivity contribution in [1.82, 2.24) is 10.6 Å². The first-order valence-corrected chi connectivity index (χ1v) is 8.17. The van der Waals surface area contributed by atoms with E-state index in [1.165, 1.54) is 12.8 Å². The second kappa shape index (κ2) is 6.49. The highest BCUT2D eigenvalue weighted by atomic mass is 35.5. The molecule has 5 nitrogen and oxygen atoms in total. The van der Waals surface area contributed by atoms with E-state index in [1.54, 1.807) is 6.07 Å². The molecule has 2 unspecified atom stereocenters. The summed E-state index contributed by atoms with van der Waals surface area (Å²) in [4.78, 5) is 23.9. The van der Waals surface area contributed by atoms with Crippen LogP contribution in [0.15, 0.2) is 18.2 Å². The quantitative estimate of drug-likeness (QED) is 0.774. The molecule has 0 aliphatic carbocycles. The lowest BCUT2D eigenvalue weighted by atomic mass is 9.98. The van der Waals surface area contributed by atoms with Crippen molar-refractivity contribution in [2.24, 2.45) is 0 Å². The molecule has 1 aromatic carbocycles. The van der Waals surface area contributed by atoms with Crippen LogP contribution in [-0.4, -0.2) is 29.9 Å². The van der Waals surface area contributed by atoms with Gasteiger partial charge >= 0.3 is 0 Å². The number of aryl methyl sites for hydroxylation is 1. The highest BCUT2D eigenvalue weighted by Gasteiger charge is 2.34. The lowest BCUT2D eigenvalue weighted by molar-refractivity contribution is -0.116. The van der Waals surface area contributed by atoms with E-state index in [4.69, 9.17) is 0 Å². The minimum atomic E-state index is 0. The number of piperidine rings is 1. The van der Waals surface area contributed by atoms with Crippen LogP contribution in [-0.2, 0) is 11.2 Å². The first kappa shape index (κ1) is 16.3. The Morgan fingerprint density at radius 3 is 2.61 bits per heavy atom. The van der Waals surface area contributed by atoms with Crippen molar-refractivity contribution < 1.29 is 9.59 Å². The highest BCUT2D eigenvalue weighted by Crippen LogP contribution is 2.27. The van der Waals surface area contributed by atoms with Crippen LogP contribution in [0.25, 0.3) is 0 Å². The van der Waals surface area contributed by atoms with Crippen molar-refractivity contribution in [2.75, 3.05) is 5.32 Å². The molecule has 2 bridgehead atoms. The van der Waals surface area contributed by atoms with Crippen LogP contribution < -0.4 is 16.0 Å². The molecule has 3 aliphatic heterocycles. The lowest BCUT2D eigenvalue weighted by Crippen LogP contribution is -2.48. The third-order valence-electron chi connectivity index (χ3n) is 5.07. The Hall–Kier alpha value is -1.59. The molecule has 124 valence electrons. The number of carbonyl (C=O) groups excluding carboxylic acids is 2. The summed E-state index contributed by atoms with van der Waals surface area (Å²) in [5, 5.41) is 9.62. The maximum absolute atomic E-state index is 12.5.